The first-order valence-corrected chi connectivity index (χ1v) is 7.33. The Morgan fingerprint density at radius 1 is 1.26 bits per heavy atom. The van der Waals surface area contributed by atoms with Gasteiger partial charge in [0.2, 0.25) is 0 Å². The van der Waals surface area contributed by atoms with Crippen molar-refractivity contribution in [2.24, 2.45) is 0 Å². The highest BCUT2D eigenvalue weighted by atomic mass is 15.1. The van der Waals surface area contributed by atoms with Gasteiger partial charge in [-0.3, -0.25) is 0 Å². The topological polar surface area (TPSA) is 35.6 Å². The van der Waals surface area contributed by atoms with Crippen molar-refractivity contribution in [3.63, 3.8) is 0 Å². The highest BCUT2D eigenvalue weighted by molar-refractivity contribution is 5.21. The van der Waals surface area contributed by atoms with Crippen molar-refractivity contribution in [1.29, 1.82) is 0 Å². The molecule has 2 aromatic rings. The molecular formula is C15H22N4. The van der Waals surface area contributed by atoms with Gasteiger partial charge < -0.3 is 9.13 Å². The average Bonchev–Trinajstić information content (AvgIpc) is 2.97. The summed E-state index contributed by atoms with van der Waals surface area (Å²) in [4.78, 5) is 9.03. The molecule has 4 heteroatoms. The zero-order valence-corrected chi connectivity index (χ0v) is 11.9. The van der Waals surface area contributed by atoms with Crippen LogP contribution in [-0.4, -0.2) is 19.1 Å². The zero-order valence-electron chi connectivity index (χ0n) is 11.9. The maximum Gasteiger partial charge on any atom is 0.106 e. The van der Waals surface area contributed by atoms with Crippen LogP contribution in [0.3, 0.4) is 0 Å². The molecule has 0 spiro atoms. The minimum atomic E-state index is 0.911. The van der Waals surface area contributed by atoms with Crippen LogP contribution in [-0.2, 0) is 25.9 Å². The maximum atomic E-state index is 4.74. The fourth-order valence-corrected chi connectivity index (χ4v) is 3.03. The molecule has 0 fully saturated rings. The summed E-state index contributed by atoms with van der Waals surface area (Å²) in [6.07, 6.45) is 9.99. The number of rotatable bonds is 4. The van der Waals surface area contributed by atoms with Gasteiger partial charge in [-0.25, -0.2) is 9.97 Å². The van der Waals surface area contributed by atoms with Gasteiger partial charge in [-0.2, -0.15) is 0 Å². The van der Waals surface area contributed by atoms with E-state index in [1.54, 1.807) is 0 Å². The van der Waals surface area contributed by atoms with Crippen molar-refractivity contribution in [2.75, 3.05) is 0 Å². The smallest absolute Gasteiger partial charge is 0.106 e. The molecule has 0 N–H and O–H groups in total. The molecule has 0 unspecified atom stereocenters. The van der Waals surface area contributed by atoms with E-state index in [9.17, 15) is 0 Å². The molecule has 3 rings (SSSR count). The highest BCUT2D eigenvalue weighted by Crippen LogP contribution is 2.23. The molecule has 2 heterocycles. The van der Waals surface area contributed by atoms with E-state index in [4.69, 9.17) is 4.98 Å². The molecule has 2 aromatic heterocycles. The van der Waals surface area contributed by atoms with Crippen LogP contribution in [0.2, 0.25) is 0 Å². The van der Waals surface area contributed by atoms with E-state index in [2.05, 4.69) is 28.0 Å². The first kappa shape index (κ1) is 12.5. The van der Waals surface area contributed by atoms with E-state index < -0.39 is 0 Å². The zero-order chi connectivity index (χ0) is 13.2. The minimum Gasteiger partial charge on any atom is -0.333 e. The monoisotopic (exact) mass is 258 g/mol. The predicted molar refractivity (Wildman–Crippen MR) is 75.2 cm³/mol. The molecule has 19 heavy (non-hydrogen) atoms. The van der Waals surface area contributed by atoms with Crippen molar-refractivity contribution < 1.29 is 0 Å². The lowest BCUT2D eigenvalue weighted by Crippen LogP contribution is -2.13. The molecule has 0 atom stereocenters. The van der Waals surface area contributed by atoms with E-state index in [0.29, 0.717) is 0 Å². The van der Waals surface area contributed by atoms with Gasteiger partial charge in [0.25, 0.3) is 0 Å². The van der Waals surface area contributed by atoms with Crippen LogP contribution in [0, 0.1) is 6.92 Å². The van der Waals surface area contributed by atoms with Gasteiger partial charge in [-0.1, -0.05) is 6.92 Å². The number of hydrogen-bond donors (Lipinski definition) is 0. The third kappa shape index (κ3) is 2.31. The van der Waals surface area contributed by atoms with Gasteiger partial charge >= 0.3 is 0 Å². The number of hydrogen-bond acceptors (Lipinski definition) is 2. The fraction of sp³-hybridized carbons (Fsp3) is 0.600. The molecule has 0 saturated carbocycles. The Morgan fingerprint density at radius 2 is 2.11 bits per heavy atom. The van der Waals surface area contributed by atoms with Gasteiger partial charge in [0, 0.05) is 18.4 Å². The van der Waals surface area contributed by atoms with E-state index in [-0.39, 0.29) is 0 Å². The summed E-state index contributed by atoms with van der Waals surface area (Å²) in [6, 6.07) is 0. The quantitative estimate of drug-likeness (QED) is 0.845. The lowest BCUT2D eigenvalue weighted by Gasteiger charge is -2.15. The Morgan fingerprint density at radius 3 is 2.95 bits per heavy atom. The molecule has 1 aliphatic rings. The van der Waals surface area contributed by atoms with Crippen LogP contribution in [0.25, 0.3) is 0 Å². The summed E-state index contributed by atoms with van der Waals surface area (Å²) in [6.45, 7) is 6.28. The molecule has 0 aliphatic heterocycles. The molecule has 102 valence electrons. The van der Waals surface area contributed by atoms with Gasteiger partial charge in [0.1, 0.15) is 5.82 Å². The molecule has 0 amide bonds. The lowest BCUT2D eigenvalue weighted by atomic mass is 10.0. The lowest BCUT2D eigenvalue weighted by molar-refractivity contribution is 0.589. The van der Waals surface area contributed by atoms with Crippen molar-refractivity contribution in [2.45, 2.75) is 59.0 Å². The number of fused-ring (bicyclic) bond motifs is 1. The van der Waals surface area contributed by atoms with E-state index >= 15 is 0 Å². The Bertz CT molecular complexity index is 565. The molecule has 0 aromatic carbocycles. The van der Waals surface area contributed by atoms with Crippen LogP contribution in [0.15, 0.2) is 12.5 Å². The summed E-state index contributed by atoms with van der Waals surface area (Å²) in [5, 5.41) is 0. The van der Waals surface area contributed by atoms with Gasteiger partial charge in [-0.15, -0.1) is 0 Å². The van der Waals surface area contributed by atoms with Crippen LogP contribution in [0.1, 0.15) is 49.1 Å². The largest absolute Gasteiger partial charge is 0.333 e. The summed E-state index contributed by atoms with van der Waals surface area (Å²) >= 11 is 0. The third-order valence-electron chi connectivity index (χ3n) is 4.01. The van der Waals surface area contributed by atoms with Crippen LogP contribution in [0.5, 0.6) is 0 Å². The maximum absolute atomic E-state index is 4.74. The number of imidazole rings is 2. The molecule has 0 bridgehead atoms. The highest BCUT2D eigenvalue weighted by Gasteiger charge is 2.18. The minimum absolute atomic E-state index is 0.911. The van der Waals surface area contributed by atoms with E-state index in [1.165, 1.54) is 36.3 Å². The SMILES string of the molecule is CCCn1cncc1Cn1c(C)nc2c1CCCC2. The second kappa shape index (κ2) is 5.19. The van der Waals surface area contributed by atoms with E-state index in [0.717, 1.165) is 31.8 Å². The van der Waals surface area contributed by atoms with Crippen LogP contribution >= 0.6 is 0 Å². The first-order chi connectivity index (χ1) is 9.29. The molecule has 0 saturated heterocycles. The Balaban J connectivity index is 1.90. The average molecular weight is 258 g/mol. The first-order valence-electron chi connectivity index (χ1n) is 7.33. The normalized spacial score (nSPS) is 14.6. The van der Waals surface area contributed by atoms with Crippen LogP contribution < -0.4 is 0 Å². The standard InChI is InChI=1S/C15H22N4/c1-3-8-18-11-16-9-13(18)10-19-12(2)17-14-6-4-5-7-15(14)19/h9,11H,3-8,10H2,1-2H3. The van der Waals surface area contributed by atoms with Gasteiger partial charge in [0.05, 0.1) is 24.3 Å². The third-order valence-corrected chi connectivity index (χ3v) is 4.01. The predicted octanol–water partition coefficient (Wildman–Crippen LogP) is 2.73. The summed E-state index contributed by atoms with van der Waals surface area (Å²) in [7, 11) is 0. The summed E-state index contributed by atoms with van der Waals surface area (Å²) in [5.74, 6) is 1.15. The van der Waals surface area contributed by atoms with E-state index in [1.807, 2.05) is 12.5 Å². The Hall–Kier alpha value is -1.58. The van der Waals surface area contributed by atoms with Gasteiger partial charge in [0.15, 0.2) is 0 Å². The van der Waals surface area contributed by atoms with Gasteiger partial charge in [-0.05, 0) is 39.0 Å². The summed E-state index contributed by atoms with van der Waals surface area (Å²) < 4.78 is 4.65. The van der Waals surface area contributed by atoms with Crippen molar-refractivity contribution in [3.8, 4) is 0 Å². The second-order valence-corrected chi connectivity index (χ2v) is 5.42. The van der Waals surface area contributed by atoms with Crippen molar-refractivity contribution in [1.82, 2.24) is 19.1 Å². The summed E-state index contributed by atoms with van der Waals surface area (Å²) in [5.41, 5.74) is 4.06. The Labute approximate surface area is 114 Å². The molecule has 1 aliphatic carbocycles. The fourth-order valence-electron chi connectivity index (χ4n) is 3.03. The Kier molecular flexibility index (Phi) is 3.40. The van der Waals surface area contributed by atoms with Crippen LogP contribution in [0.4, 0.5) is 0 Å². The molecule has 4 nitrogen and oxygen atoms in total. The molecular weight excluding hydrogens is 236 g/mol. The van der Waals surface area contributed by atoms with Crippen molar-refractivity contribution in [3.05, 3.63) is 35.4 Å². The molecule has 0 radical (unpaired) electrons. The second-order valence-electron chi connectivity index (χ2n) is 5.42. The van der Waals surface area contributed by atoms with Crippen molar-refractivity contribution >= 4 is 0 Å². The number of aromatic nitrogens is 4. The number of aryl methyl sites for hydroxylation is 3. The number of nitrogens with zero attached hydrogens (tertiary/aromatic N) is 4.